The Hall–Kier alpha value is -3.26. The zero-order valence-electron chi connectivity index (χ0n) is 32.2. The molecule has 1 aromatic carbocycles. The minimum Gasteiger partial charge on any atom is -0.392 e. The van der Waals surface area contributed by atoms with E-state index in [0.29, 0.717) is 17.9 Å². The van der Waals surface area contributed by atoms with E-state index in [0.717, 1.165) is 58.9 Å². The first-order valence-electron chi connectivity index (χ1n) is 19.0. The van der Waals surface area contributed by atoms with E-state index in [1.807, 2.05) is 13.0 Å². The zero-order valence-corrected chi connectivity index (χ0v) is 32.2. The summed E-state index contributed by atoms with van der Waals surface area (Å²) >= 11 is 0. The van der Waals surface area contributed by atoms with E-state index in [9.17, 15) is 19.8 Å². The van der Waals surface area contributed by atoms with Crippen molar-refractivity contribution in [3.63, 3.8) is 0 Å². The molecule has 51 heavy (non-hydrogen) atoms. The van der Waals surface area contributed by atoms with Gasteiger partial charge in [0.2, 0.25) is 5.91 Å². The average molecular weight is 693 g/mol. The van der Waals surface area contributed by atoms with E-state index in [1.165, 1.54) is 11.3 Å². The fraction of sp³-hybridized carbons (Fsp3) is 0.591. The summed E-state index contributed by atoms with van der Waals surface area (Å²) in [4.78, 5) is 28.7. The lowest BCUT2D eigenvalue weighted by atomic mass is 9.40. The maximum Gasteiger partial charge on any atom is 0.246 e. The molecule has 2 aliphatic heterocycles. The quantitative estimate of drug-likeness (QED) is 0.194. The number of fused-ring (bicyclic) bond motifs is 11. The molecule has 0 radical (unpaired) electrons. The van der Waals surface area contributed by atoms with Gasteiger partial charge in [-0.05, 0) is 113 Å². The van der Waals surface area contributed by atoms with Gasteiger partial charge in [0.15, 0.2) is 5.78 Å². The Morgan fingerprint density at radius 2 is 1.76 bits per heavy atom. The standard InChI is InChI=1S/C44H56N2O5/c1-23(2)35-38(50)33-32-25(28-22-40(3,4)51-41(5,6)34(28)37(32)49)21-26-27-20-24-15-16-29-42(7,18-13-12-14-31(48)45(10)11)30(47)17-19-43(29,8)44(24,9)39(27)46(35)36(26)33/h12-14,18,21-22,24,29-30,34-35,37,47,49H,1,15-17,19-20H2,2-11H3/b14-12+,18-13+/t24?,29-,30-,34?,35-,37+,42-,43-,44+/m0/s1. The number of rotatable bonds is 4. The number of carbonyl (C=O) groups excluding carboxylic acids is 2. The van der Waals surface area contributed by atoms with Crippen molar-refractivity contribution in [3.8, 4) is 0 Å². The molecule has 0 bridgehead atoms. The third-order valence-electron chi connectivity index (χ3n) is 14.9. The molecule has 7 heteroatoms. The molecule has 0 spiro atoms. The molecular formula is C44H56N2O5. The zero-order chi connectivity index (χ0) is 37.0. The van der Waals surface area contributed by atoms with Crippen molar-refractivity contribution >= 4 is 28.2 Å². The second kappa shape index (κ2) is 10.7. The van der Waals surface area contributed by atoms with Gasteiger partial charge in [-0.25, -0.2) is 0 Å². The Morgan fingerprint density at radius 3 is 2.43 bits per heavy atom. The first-order chi connectivity index (χ1) is 23.7. The Bertz CT molecular complexity index is 2020. The van der Waals surface area contributed by atoms with Gasteiger partial charge in [-0.15, -0.1) is 0 Å². The summed E-state index contributed by atoms with van der Waals surface area (Å²) in [6.07, 6.45) is 12.9. The van der Waals surface area contributed by atoms with Crippen LogP contribution in [0.3, 0.4) is 0 Å². The highest BCUT2D eigenvalue weighted by Crippen LogP contribution is 2.71. The van der Waals surface area contributed by atoms with Crippen LogP contribution in [0.25, 0.3) is 16.5 Å². The van der Waals surface area contributed by atoms with Crippen molar-refractivity contribution in [1.82, 2.24) is 9.47 Å². The third-order valence-corrected chi connectivity index (χ3v) is 14.9. The predicted octanol–water partition coefficient (Wildman–Crippen LogP) is 7.80. The fourth-order valence-corrected chi connectivity index (χ4v) is 12.7. The maximum atomic E-state index is 14.9. The van der Waals surface area contributed by atoms with Crippen molar-refractivity contribution in [1.29, 1.82) is 0 Å². The molecule has 2 saturated carbocycles. The van der Waals surface area contributed by atoms with Crippen molar-refractivity contribution in [2.45, 2.75) is 122 Å². The predicted molar refractivity (Wildman–Crippen MR) is 201 cm³/mol. The number of amides is 1. The van der Waals surface area contributed by atoms with E-state index in [-0.39, 0.29) is 34.4 Å². The molecular weight excluding hydrogens is 636 g/mol. The number of aliphatic hydroxyl groups is 2. The molecule has 1 aromatic heterocycles. The number of hydrogen-bond acceptors (Lipinski definition) is 5. The second-order valence-corrected chi connectivity index (χ2v) is 18.8. The van der Waals surface area contributed by atoms with Gasteiger partial charge in [-0.1, -0.05) is 51.2 Å². The Labute approximate surface area is 303 Å². The number of benzene rings is 1. The van der Waals surface area contributed by atoms with Gasteiger partial charge >= 0.3 is 0 Å². The number of carbonyl (C=O) groups is 2. The van der Waals surface area contributed by atoms with E-state index in [2.05, 4.69) is 77.8 Å². The number of ether oxygens (including phenoxy) is 1. The summed E-state index contributed by atoms with van der Waals surface area (Å²) in [5, 5.41) is 25.0. The van der Waals surface area contributed by atoms with Crippen molar-refractivity contribution < 1.29 is 24.5 Å². The summed E-state index contributed by atoms with van der Waals surface area (Å²) in [7, 11) is 3.48. The van der Waals surface area contributed by atoms with Crippen molar-refractivity contribution in [2.75, 3.05) is 14.1 Å². The highest BCUT2D eigenvalue weighted by Gasteiger charge is 2.67. The van der Waals surface area contributed by atoms with Crippen LogP contribution < -0.4 is 0 Å². The fourth-order valence-electron chi connectivity index (χ4n) is 12.7. The molecule has 2 aromatic rings. The molecule has 3 heterocycles. The van der Waals surface area contributed by atoms with Crippen LogP contribution in [0.15, 0.2) is 48.6 Å². The smallest absolute Gasteiger partial charge is 0.246 e. The van der Waals surface area contributed by atoms with Crippen LogP contribution in [0.1, 0.15) is 126 Å². The van der Waals surface area contributed by atoms with E-state index in [4.69, 9.17) is 4.74 Å². The van der Waals surface area contributed by atoms with Gasteiger partial charge in [-0.2, -0.15) is 0 Å². The highest BCUT2D eigenvalue weighted by atomic mass is 16.5. The molecule has 4 aliphatic carbocycles. The number of hydrogen-bond donors (Lipinski definition) is 2. The number of Topliss-reactive ketones (excluding diaryl/α,β-unsaturated/α-hetero) is 1. The lowest BCUT2D eigenvalue weighted by molar-refractivity contribution is -0.144. The lowest BCUT2D eigenvalue weighted by Crippen LogP contribution is -2.62. The van der Waals surface area contributed by atoms with Crippen LogP contribution in [-0.4, -0.2) is 62.8 Å². The minimum absolute atomic E-state index is 0.0360. The van der Waals surface area contributed by atoms with Gasteiger partial charge in [0, 0.05) is 53.6 Å². The van der Waals surface area contributed by atoms with Crippen molar-refractivity contribution in [3.05, 3.63) is 76.5 Å². The van der Waals surface area contributed by atoms with Crippen LogP contribution in [0.2, 0.25) is 0 Å². The second-order valence-electron chi connectivity index (χ2n) is 18.8. The van der Waals surface area contributed by atoms with Crippen LogP contribution in [0.4, 0.5) is 0 Å². The van der Waals surface area contributed by atoms with Gasteiger partial charge in [0.05, 0.1) is 34.5 Å². The molecule has 272 valence electrons. The van der Waals surface area contributed by atoms with Crippen LogP contribution in [0, 0.1) is 28.6 Å². The number of allylic oxidation sites excluding steroid dienone is 3. The topological polar surface area (TPSA) is 92.0 Å². The van der Waals surface area contributed by atoms with Gasteiger partial charge < -0.3 is 24.4 Å². The third kappa shape index (κ3) is 4.29. The van der Waals surface area contributed by atoms with E-state index < -0.39 is 34.9 Å². The summed E-state index contributed by atoms with van der Waals surface area (Å²) in [5.74, 6) is 0.282. The molecule has 6 aliphatic rings. The highest BCUT2D eigenvalue weighted by molar-refractivity contribution is 6.18. The summed E-state index contributed by atoms with van der Waals surface area (Å²) in [6.45, 7) is 21.7. The molecule has 2 fully saturated rings. The van der Waals surface area contributed by atoms with Gasteiger partial charge in [0.25, 0.3) is 0 Å². The molecule has 2 unspecified atom stereocenters. The van der Waals surface area contributed by atoms with Crippen LogP contribution in [-0.2, 0) is 21.4 Å². The normalized spacial score (nSPS) is 38.4. The first kappa shape index (κ1) is 34.8. The first-order valence-corrected chi connectivity index (χ1v) is 19.0. The molecule has 9 atom stereocenters. The maximum absolute atomic E-state index is 14.9. The number of aliphatic hydroxyl groups excluding tert-OH is 2. The molecule has 8 rings (SSSR count). The molecule has 1 amide bonds. The largest absolute Gasteiger partial charge is 0.392 e. The number of likely N-dealkylation sites (N-methyl/N-ethyl adjacent to an activating group) is 1. The Kier molecular flexibility index (Phi) is 7.28. The molecule has 2 N–H and O–H groups in total. The summed E-state index contributed by atoms with van der Waals surface area (Å²) in [5.41, 5.74) is 5.85. The number of ketones is 1. The molecule has 0 saturated heterocycles. The average Bonchev–Trinajstić information content (AvgIpc) is 3.70. The van der Waals surface area contributed by atoms with Crippen LogP contribution >= 0.6 is 0 Å². The van der Waals surface area contributed by atoms with Crippen molar-refractivity contribution in [2.24, 2.45) is 28.6 Å². The summed E-state index contributed by atoms with van der Waals surface area (Å²) < 4.78 is 8.89. The number of nitrogens with zero attached hydrogens (tertiary/aromatic N) is 2. The van der Waals surface area contributed by atoms with E-state index >= 15 is 0 Å². The minimum atomic E-state index is -0.850. The van der Waals surface area contributed by atoms with Gasteiger partial charge in [0.1, 0.15) is 6.04 Å². The number of aromatic nitrogens is 1. The lowest BCUT2D eigenvalue weighted by Gasteiger charge is -2.64. The Morgan fingerprint density at radius 1 is 1.06 bits per heavy atom. The van der Waals surface area contributed by atoms with Gasteiger partial charge in [-0.3, -0.25) is 9.59 Å². The van der Waals surface area contributed by atoms with E-state index in [1.54, 1.807) is 31.1 Å². The SMILES string of the molecule is C=C(C)[C@H]1C(=O)c2c3c(cc4c5c(n1c24)[C@@]1(C)C(CC[C@H]2[C@](C)(/C=C/C=C/C(=O)N(C)C)[C@@H](O)CC[C@@]21C)C5)C1=CC(C)(C)OC(C)(C)C1[C@@H]3O. The molecule has 7 nitrogen and oxygen atoms in total. The monoisotopic (exact) mass is 692 g/mol. The van der Waals surface area contributed by atoms with Crippen LogP contribution in [0.5, 0.6) is 0 Å². The Balaban J connectivity index is 1.33. The summed E-state index contributed by atoms with van der Waals surface area (Å²) in [6, 6.07) is 1.78.